The predicted octanol–water partition coefficient (Wildman–Crippen LogP) is 1.38. The van der Waals surface area contributed by atoms with Gasteiger partial charge in [0.15, 0.2) is 9.84 Å². The molecule has 6 nitrogen and oxygen atoms in total. The van der Waals surface area contributed by atoms with Crippen molar-refractivity contribution in [1.29, 1.82) is 0 Å². The number of aromatic nitrogens is 2. The van der Waals surface area contributed by atoms with Crippen molar-refractivity contribution in [3.63, 3.8) is 0 Å². The Kier molecular flexibility index (Phi) is 3.54. The summed E-state index contributed by atoms with van der Waals surface area (Å²) in [5.74, 6) is 3.35. The summed E-state index contributed by atoms with van der Waals surface area (Å²) >= 11 is 0. The van der Waals surface area contributed by atoms with Crippen LogP contribution in [0.4, 0.5) is 11.6 Å². The van der Waals surface area contributed by atoms with Crippen LogP contribution in [0.25, 0.3) is 0 Å². The molecule has 1 saturated carbocycles. The minimum Gasteiger partial charge on any atom is -0.373 e. The van der Waals surface area contributed by atoms with Gasteiger partial charge < -0.3 is 10.6 Å². The first-order valence-electron chi connectivity index (χ1n) is 7.09. The molecule has 0 bridgehead atoms. The van der Waals surface area contributed by atoms with Crippen molar-refractivity contribution in [3.8, 4) is 0 Å². The van der Waals surface area contributed by atoms with Crippen LogP contribution >= 0.6 is 0 Å². The Morgan fingerprint density at radius 1 is 1.20 bits per heavy atom. The highest BCUT2D eigenvalue weighted by Gasteiger charge is 2.28. The van der Waals surface area contributed by atoms with Gasteiger partial charge in [-0.25, -0.2) is 18.4 Å². The van der Waals surface area contributed by atoms with E-state index in [9.17, 15) is 8.42 Å². The van der Waals surface area contributed by atoms with Crippen molar-refractivity contribution in [2.24, 2.45) is 0 Å². The van der Waals surface area contributed by atoms with Gasteiger partial charge in [-0.1, -0.05) is 0 Å². The maximum absolute atomic E-state index is 11.7. The summed E-state index contributed by atoms with van der Waals surface area (Å²) in [5, 5.41) is 6.30. The van der Waals surface area contributed by atoms with Crippen LogP contribution in [0, 0.1) is 0 Å². The molecule has 0 aromatic carbocycles. The van der Waals surface area contributed by atoms with Gasteiger partial charge in [0.1, 0.15) is 17.5 Å². The summed E-state index contributed by atoms with van der Waals surface area (Å²) in [5.41, 5.74) is 0. The van der Waals surface area contributed by atoms with E-state index in [1.807, 2.05) is 13.1 Å². The van der Waals surface area contributed by atoms with E-state index in [0.29, 0.717) is 11.7 Å². The fourth-order valence-electron chi connectivity index (χ4n) is 2.54. The molecule has 2 heterocycles. The van der Waals surface area contributed by atoms with Crippen LogP contribution in [0.2, 0.25) is 0 Å². The Labute approximate surface area is 119 Å². The number of rotatable bonds is 4. The molecule has 3 rings (SSSR count). The molecular formula is C13H20N4O2S. The lowest BCUT2D eigenvalue weighted by atomic mass is 10.2. The number of nitrogens with one attached hydrogen (secondary N) is 2. The summed E-state index contributed by atoms with van der Waals surface area (Å²) in [6.45, 7) is 0. The number of nitrogens with zero attached hydrogens (tertiary/aromatic N) is 2. The van der Waals surface area contributed by atoms with E-state index in [1.54, 1.807) is 0 Å². The summed E-state index contributed by atoms with van der Waals surface area (Å²) in [6.07, 6.45) is 3.88. The van der Waals surface area contributed by atoms with Crippen LogP contribution in [-0.2, 0) is 9.84 Å². The van der Waals surface area contributed by atoms with E-state index in [0.717, 1.165) is 43.1 Å². The van der Waals surface area contributed by atoms with E-state index in [-0.39, 0.29) is 11.8 Å². The molecule has 1 unspecified atom stereocenters. The Balaban J connectivity index is 1.77. The number of hydrogen-bond donors (Lipinski definition) is 2. The maximum atomic E-state index is 11.7. The topological polar surface area (TPSA) is 84.0 Å². The van der Waals surface area contributed by atoms with E-state index >= 15 is 0 Å². The van der Waals surface area contributed by atoms with Crippen LogP contribution in [0.3, 0.4) is 0 Å². The maximum Gasteiger partial charge on any atom is 0.152 e. The smallest absolute Gasteiger partial charge is 0.152 e. The van der Waals surface area contributed by atoms with Crippen molar-refractivity contribution in [1.82, 2.24) is 9.97 Å². The normalized spacial score (nSPS) is 25.1. The predicted molar refractivity (Wildman–Crippen MR) is 78.9 cm³/mol. The minimum absolute atomic E-state index is 0.0413. The number of sulfone groups is 1. The zero-order valence-corrected chi connectivity index (χ0v) is 12.4. The summed E-state index contributed by atoms with van der Waals surface area (Å²) < 4.78 is 23.3. The van der Waals surface area contributed by atoms with E-state index in [1.165, 1.54) is 0 Å². The average molecular weight is 296 g/mol. The lowest BCUT2D eigenvalue weighted by Gasteiger charge is -2.23. The van der Waals surface area contributed by atoms with E-state index in [4.69, 9.17) is 0 Å². The quantitative estimate of drug-likeness (QED) is 0.873. The number of hydrogen-bond acceptors (Lipinski definition) is 6. The summed E-state index contributed by atoms with van der Waals surface area (Å²) in [7, 11) is -1.08. The standard InChI is InChI=1S/C13H20N4O2S/c1-14-11-7-12(17-13(16-11)9-4-5-9)15-10-3-2-6-20(18,19)8-10/h7,9-10H,2-6,8H2,1H3,(H2,14,15,16,17). The molecule has 1 aliphatic carbocycles. The first kappa shape index (κ1) is 13.6. The molecule has 1 aromatic rings. The Bertz CT molecular complexity index is 598. The lowest BCUT2D eigenvalue weighted by Crippen LogP contribution is -2.35. The first-order valence-corrected chi connectivity index (χ1v) is 8.91. The average Bonchev–Trinajstić information content (AvgIpc) is 3.21. The third kappa shape index (κ3) is 3.20. The molecule has 1 atom stereocenters. The lowest BCUT2D eigenvalue weighted by molar-refractivity contribution is 0.561. The molecule has 20 heavy (non-hydrogen) atoms. The van der Waals surface area contributed by atoms with Crippen molar-refractivity contribution < 1.29 is 8.42 Å². The van der Waals surface area contributed by atoms with Crippen LogP contribution in [0.15, 0.2) is 6.07 Å². The van der Waals surface area contributed by atoms with Crippen LogP contribution in [0.5, 0.6) is 0 Å². The van der Waals surface area contributed by atoms with Crippen molar-refractivity contribution in [2.45, 2.75) is 37.6 Å². The monoisotopic (exact) mass is 296 g/mol. The van der Waals surface area contributed by atoms with Gasteiger partial charge in [-0.2, -0.15) is 0 Å². The van der Waals surface area contributed by atoms with Gasteiger partial charge in [-0.05, 0) is 25.7 Å². The fourth-order valence-corrected chi connectivity index (χ4v) is 4.17. The first-order chi connectivity index (χ1) is 9.55. The second-order valence-corrected chi connectivity index (χ2v) is 7.85. The van der Waals surface area contributed by atoms with Crippen LogP contribution in [0.1, 0.15) is 37.4 Å². The zero-order chi connectivity index (χ0) is 14.2. The Morgan fingerprint density at radius 2 is 1.95 bits per heavy atom. The van der Waals surface area contributed by atoms with Gasteiger partial charge >= 0.3 is 0 Å². The zero-order valence-electron chi connectivity index (χ0n) is 11.6. The van der Waals surface area contributed by atoms with E-state index < -0.39 is 9.84 Å². The molecule has 0 radical (unpaired) electrons. The minimum atomic E-state index is -2.90. The van der Waals surface area contributed by atoms with Crippen molar-refractivity contribution in [2.75, 3.05) is 29.2 Å². The van der Waals surface area contributed by atoms with E-state index in [2.05, 4.69) is 20.6 Å². The third-order valence-electron chi connectivity index (χ3n) is 3.76. The summed E-state index contributed by atoms with van der Waals surface area (Å²) in [6, 6.07) is 1.80. The molecule has 1 aliphatic heterocycles. The van der Waals surface area contributed by atoms with Gasteiger partial charge in [-0.3, -0.25) is 0 Å². The number of anilines is 2. The van der Waals surface area contributed by atoms with Gasteiger partial charge in [0.25, 0.3) is 0 Å². The van der Waals surface area contributed by atoms with Crippen LogP contribution < -0.4 is 10.6 Å². The highest BCUT2D eigenvalue weighted by molar-refractivity contribution is 7.91. The Morgan fingerprint density at radius 3 is 2.60 bits per heavy atom. The summed E-state index contributed by atoms with van der Waals surface area (Å²) in [4.78, 5) is 8.98. The molecule has 2 aliphatic rings. The highest BCUT2D eigenvalue weighted by atomic mass is 32.2. The highest BCUT2D eigenvalue weighted by Crippen LogP contribution is 2.38. The van der Waals surface area contributed by atoms with Crippen molar-refractivity contribution in [3.05, 3.63) is 11.9 Å². The van der Waals surface area contributed by atoms with Gasteiger partial charge in [-0.15, -0.1) is 0 Å². The van der Waals surface area contributed by atoms with Gasteiger partial charge in [0.05, 0.1) is 11.5 Å². The van der Waals surface area contributed by atoms with Gasteiger partial charge in [0, 0.05) is 25.1 Å². The largest absolute Gasteiger partial charge is 0.373 e. The Hall–Kier alpha value is -1.37. The second-order valence-electron chi connectivity index (χ2n) is 5.62. The second kappa shape index (κ2) is 5.20. The fraction of sp³-hybridized carbons (Fsp3) is 0.692. The van der Waals surface area contributed by atoms with Crippen molar-refractivity contribution >= 4 is 21.5 Å². The molecule has 2 fully saturated rings. The molecule has 1 saturated heterocycles. The molecule has 7 heteroatoms. The molecular weight excluding hydrogens is 276 g/mol. The van der Waals surface area contributed by atoms with Crippen LogP contribution in [-0.4, -0.2) is 43.0 Å². The molecule has 0 amide bonds. The SMILES string of the molecule is CNc1cc(NC2CCCS(=O)(=O)C2)nc(C2CC2)n1. The molecule has 110 valence electrons. The third-order valence-corrected chi connectivity index (χ3v) is 5.58. The molecule has 0 spiro atoms. The van der Waals surface area contributed by atoms with Gasteiger partial charge in [0.2, 0.25) is 0 Å². The molecule has 2 N–H and O–H groups in total. The molecule has 1 aromatic heterocycles.